The first-order chi connectivity index (χ1) is 15.1. The highest BCUT2D eigenvalue weighted by atomic mass is 16.5. The van der Waals surface area contributed by atoms with Crippen molar-refractivity contribution in [2.75, 3.05) is 37.5 Å². The molecule has 0 saturated carbocycles. The molecule has 4 heterocycles. The predicted octanol–water partition coefficient (Wildman–Crippen LogP) is 0.817. The van der Waals surface area contributed by atoms with Crippen molar-refractivity contribution in [2.24, 2.45) is 0 Å². The van der Waals surface area contributed by atoms with Crippen molar-refractivity contribution in [1.29, 1.82) is 5.26 Å². The van der Waals surface area contributed by atoms with Gasteiger partial charge in [-0.1, -0.05) is 6.42 Å². The highest BCUT2D eigenvalue weighted by Crippen LogP contribution is 2.36. The average Bonchev–Trinajstić information content (AvgIpc) is 3.23. The van der Waals surface area contributed by atoms with Crippen molar-refractivity contribution in [3.63, 3.8) is 0 Å². The third-order valence-electron chi connectivity index (χ3n) is 6.87. The summed E-state index contributed by atoms with van der Waals surface area (Å²) >= 11 is 0. The molecule has 31 heavy (non-hydrogen) atoms. The molecule has 0 radical (unpaired) electrons. The summed E-state index contributed by atoms with van der Waals surface area (Å²) in [6.45, 7) is 0.963. The van der Waals surface area contributed by atoms with E-state index in [1.165, 1.54) is 19.3 Å². The van der Waals surface area contributed by atoms with Crippen molar-refractivity contribution < 1.29 is 9.84 Å². The van der Waals surface area contributed by atoms with Crippen LogP contribution >= 0.6 is 0 Å². The number of nitrogens with one attached hydrogen (secondary N) is 3. The Labute approximate surface area is 183 Å². The van der Waals surface area contributed by atoms with E-state index in [1.54, 1.807) is 13.2 Å². The summed E-state index contributed by atoms with van der Waals surface area (Å²) in [4.78, 5) is 14.1. The lowest BCUT2D eigenvalue weighted by Crippen LogP contribution is -2.56. The lowest BCUT2D eigenvalue weighted by molar-refractivity contribution is 0.0325. The Kier molecular flexibility index (Phi) is 7.07. The molecular formula is C21H34N8O2. The Morgan fingerprint density at radius 1 is 1.29 bits per heavy atom. The van der Waals surface area contributed by atoms with E-state index in [-0.39, 0.29) is 18.8 Å². The molecule has 1 aromatic rings. The van der Waals surface area contributed by atoms with Gasteiger partial charge in [-0.2, -0.15) is 15.2 Å². The lowest BCUT2D eigenvalue weighted by atomic mass is 9.81. The summed E-state index contributed by atoms with van der Waals surface area (Å²) in [5, 5.41) is 21.7. The number of fused-ring (bicyclic) bond motifs is 2. The van der Waals surface area contributed by atoms with Crippen molar-refractivity contribution in [2.45, 2.75) is 75.3 Å². The molecule has 3 aliphatic heterocycles. The summed E-state index contributed by atoms with van der Waals surface area (Å²) in [7, 11) is 3.69. The molecular weight excluding hydrogens is 396 g/mol. The zero-order chi connectivity index (χ0) is 21.8. The number of rotatable bonds is 8. The van der Waals surface area contributed by atoms with E-state index in [2.05, 4.69) is 44.1 Å². The van der Waals surface area contributed by atoms with Crippen LogP contribution in [0.3, 0.4) is 0 Å². The number of nitriles is 1. The fraction of sp³-hybridized carbons (Fsp3) is 0.762. The molecule has 3 fully saturated rings. The SMILES string of the molecule is COc1cc(NC2CC(CO)NN2)nc(N(C)C2C[C@H]3CCC[C@@H](C2)N3CCC#N)n1. The molecule has 10 nitrogen and oxygen atoms in total. The highest BCUT2D eigenvalue weighted by molar-refractivity contribution is 5.47. The topological polar surface area (TPSA) is 122 Å². The minimum Gasteiger partial charge on any atom is -0.481 e. The van der Waals surface area contributed by atoms with Gasteiger partial charge >= 0.3 is 0 Å². The van der Waals surface area contributed by atoms with E-state index in [1.807, 2.05) is 0 Å². The number of hydrazine groups is 1. The van der Waals surface area contributed by atoms with Crippen molar-refractivity contribution in [3.05, 3.63) is 6.07 Å². The number of aromatic nitrogens is 2. The Balaban J connectivity index is 1.46. The number of aliphatic hydroxyl groups is 1. The van der Waals surface area contributed by atoms with E-state index < -0.39 is 0 Å². The molecule has 0 spiro atoms. The summed E-state index contributed by atoms with van der Waals surface area (Å²) in [5.41, 5.74) is 6.20. The fourth-order valence-corrected chi connectivity index (χ4v) is 5.24. The van der Waals surface area contributed by atoms with Crippen LogP contribution in [0.4, 0.5) is 11.8 Å². The maximum Gasteiger partial charge on any atom is 0.230 e. The summed E-state index contributed by atoms with van der Waals surface area (Å²) in [6.07, 6.45) is 7.12. The number of hydrogen-bond acceptors (Lipinski definition) is 10. The van der Waals surface area contributed by atoms with Crippen LogP contribution in [0, 0.1) is 11.3 Å². The number of piperidine rings is 2. The maximum absolute atomic E-state index is 9.33. The van der Waals surface area contributed by atoms with Gasteiger partial charge in [0.2, 0.25) is 11.8 Å². The van der Waals surface area contributed by atoms with Crippen LogP contribution < -0.4 is 25.8 Å². The van der Waals surface area contributed by atoms with E-state index in [0.717, 1.165) is 25.8 Å². The van der Waals surface area contributed by atoms with Gasteiger partial charge in [0, 0.05) is 56.7 Å². The van der Waals surface area contributed by atoms with Crippen molar-refractivity contribution in [3.8, 4) is 11.9 Å². The summed E-state index contributed by atoms with van der Waals surface area (Å²) < 4.78 is 5.44. The molecule has 3 saturated heterocycles. The van der Waals surface area contributed by atoms with Crippen LogP contribution in [0.2, 0.25) is 0 Å². The number of ether oxygens (including phenoxy) is 1. The molecule has 0 aromatic carbocycles. The van der Waals surface area contributed by atoms with Gasteiger partial charge in [0.05, 0.1) is 26.0 Å². The first-order valence-corrected chi connectivity index (χ1v) is 11.3. The number of anilines is 2. The Bertz CT molecular complexity index is 773. The van der Waals surface area contributed by atoms with Crippen LogP contribution in [-0.2, 0) is 0 Å². The molecule has 170 valence electrons. The Morgan fingerprint density at radius 2 is 2.06 bits per heavy atom. The Hall–Kier alpha value is -2.19. The summed E-state index contributed by atoms with van der Waals surface area (Å²) in [5.74, 6) is 1.87. The fourth-order valence-electron chi connectivity index (χ4n) is 5.24. The van der Waals surface area contributed by atoms with Crippen LogP contribution in [0.5, 0.6) is 5.88 Å². The second-order valence-corrected chi connectivity index (χ2v) is 8.82. The Morgan fingerprint density at radius 3 is 2.71 bits per heavy atom. The smallest absolute Gasteiger partial charge is 0.230 e. The number of methoxy groups -OCH3 is 1. The normalized spacial score (nSPS) is 30.6. The molecule has 3 unspecified atom stereocenters. The van der Waals surface area contributed by atoms with Gasteiger partial charge in [-0.05, 0) is 25.7 Å². The third kappa shape index (κ3) is 5.01. The zero-order valence-electron chi connectivity index (χ0n) is 18.4. The molecule has 0 aliphatic carbocycles. The number of aliphatic hydroxyl groups excluding tert-OH is 1. The predicted molar refractivity (Wildman–Crippen MR) is 118 cm³/mol. The molecule has 5 atom stereocenters. The van der Waals surface area contributed by atoms with Crippen LogP contribution in [-0.4, -0.2) is 77.6 Å². The van der Waals surface area contributed by atoms with Crippen LogP contribution in [0.1, 0.15) is 44.9 Å². The van der Waals surface area contributed by atoms with Gasteiger partial charge in [0.25, 0.3) is 0 Å². The van der Waals surface area contributed by atoms with Gasteiger partial charge in [0.1, 0.15) is 5.82 Å². The minimum atomic E-state index is -0.0300. The standard InChI is InChI=1S/C21H34N8O2/c1-28(17-10-15-5-3-6-16(11-17)29(15)8-4-7-22)21-24-18(12-20(25-21)31-2)23-19-9-14(13-30)26-27-19/h12,14-17,19,26-27,30H,3-6,8-11,13H2,1-2H3,(H,23,24,25)/t14?,15-,16+,17?,19?. The van der Waals surface area contributed by atoms with Gasteiger partial charge in [0.15, 0.2) is 0 Å². The molecule has 1 aromatic heterocycles. The van der Waals surface area contributed by atoms with Crippen LogP contribution in [0.25, 0.3) is 0 Å². The minimum absolute atomic E-state index is 0.0222. The second kappa shape index (κ2) is 9.96. The highest BCUT2D eigenvalue weighted by Gasteiger charge is 2.39. The molecule has 4 rings (SSSR count). The van der Waals surface area contributed by atoms with E-state index in [4.69, 9.17) is 15.0 Å². The maximum atomic E-state index is 9.33. The van der Waals surface area contributed by atoms with Gasteiger partial charge in [-0.25, -0.2) is 5.43 Å². The number of nitrogens with zero attached hydrogens (tertiary/aromatic N) is 5. The van der Waals surface area contributed by atoms with E-state index in [0.29, 0.717) is 42.2 Å². The van der Waals surface area contributed by atoms with Crippen molar-refractivity contribution in [1.82, 2.24) is 25.7 Å². The first-order valence-electron chi connectivity index (χ1n) is 11.3. The average molecular weight is 431 g/mol. The first kappa shape index (κ1) is 22.0. The molecule has 0 amide bonds. The lowest BCUT2D eigenvalue weighted by Gasteiger charge is -2.50. The third-order valence-corrected chi connectivity index (χ3v) is 6.87. The van der Waals surface area contributed by atoms with Crippen LogP contribution in [0.15, 0.2) is 6.07 Å². The van der Waals surface area contributed by atoms with Crippen molar-refractivity contribution >= 4 is 11.8 Å². The zero-order valence-corrected chi connectivity index (χ0v) is 18.4. The second-order valence-electron chi connectivity index (χ2n) is 8.82. The van der Waals surface area contributed by atoms with Gasteiger partial charge < -0.3 is 20.1 Å². The van der Waals surface area contributed by atoms with Gasteiger partial charge in [-0.15, -0.1) is 0 Å². The molecule has 10 heteroatoms. The van der Waals surface area contributed by atoms with E-state index in [9.17, 15) is 5.11 Å². The quantitative estimate of drug-likeness (QED) is 0.471. The molecule has 4 N–H and O–H groups in total. The number of hydrogen-bond donors (Lipinski definition) is 4. The summed E-state index contributed by atoms with van der Waals surface area (Å²) in [6, 6.07) is 5.54. The monoisotopic (exact) mass is 430 g/mol. The largest absolute Gasteiger partial charge is 0.481 e. The molecule has 2 bridgehead atoms. The molecule has 3 aliphatic rings. The van der Waals surface area contributed by atoms with Gasteiger partial charge in [-0.3, -0.25) is 10.3 Å². The van der Waals surface area contributed by atoms with E-state index >= 15 is 0 Å².